The summed E-state index contributed by atoms with van der Waals surface area (Å²) in [6, 6.07) is 0. The molecular weight excluding hydrogens is 436 g/mol. The molecule has 21 heavy (non-hydrogen) atoms. The zero-order valence-corrected chi connectivity index (χ0v) is 16.0. The van der Waals surface area contributed by atoms with Crippen LogP contribution in [-0.2, 0) is 25.3 Å². The summed E-state index contributed by atoms with van der Waals surface area (Å²) >= 11 is -4.20. The average molecular weight is 468 g/mol. The Morgan fingerprint density at radius 2 is 0.381 bits per heavy atom. The Bertz CT molecular complexity index is 60.0. The molecule has 0 aliphatic carbocycles. The van der Waals surface area contributed by atoms with Crippen molar-refractivity contribution in [2.45, 2.75) is 0 Å². The summed E-state index contributed by atoms with van der Waals surface area (Å²) in [6.45, 7) is 0. The molecule has 152 valence electrons. The van der Waals surface area contributed by atoms with Gasteiger partial charge in [0, 0.05) is 0 Å². The fourth-order valence-electron chi connectivity index (χ4n) is 0. The van der Waals surface area contributed by atoms with Crippen LogP contribution in [0.4, 0.5) is 0 Å². The first-order valence-electron chi connectivity index (χ1n) is 0.548. The topological polar surface area (TPSA) is 561 Å². The molecule has 0 unspecified atom stereocenters. The normalized spacial score (nSPS) is 1.19. The van der Waals surface area contributed by atoms with Crippen LogP contribution in [0.15, 0.2) is 0 Å². The van der Waals surface area contributed by atoms with Crippen molar-refractivity contribution in [1.82, 2.24) is 0 Å². The van der Waals surface area contributed by atoms with Crippen molar-refractivity contribution >= 4 is 0 Å². The molecule has 0 saturated carbocycles. The Balaban J connectivity index is -0.000000000331. The monoisotopic (exact) mass is 468 g/mol. The fraction of sp³-hybridized carbons (Fsp3) is 0. The third kappa shape index (κ3) is 4720. The quantitative estimate of drug-likeness (QED) is 0.313. The third-order valence-corrected chi connectivity index (χ3v) is 0. The van der Waals surface area contributed by atoms with E-state index in [0.717, 1.165) is 0 Å². The second kappa shape index (κ2) is 475. The third-order valence-electron chi connectivity index (χ3n) is 0. The molecule has 0 aliphatic rings. The van der Waals surface area contributed by atoms with E-state index in [1.807, 2.05) is 0 Å². The molecule has 32 N–H and O–H groups in total. The minimum atomic E-state index is -4.20. The van der Waals surface area contributed by atoms with E-state index in [1.54, 1.807) is 0 Å². The molecule has 0 bridgehead atoms. The molecule has 0 aromatic heterocycles. The van der Waals surface area contributed by atoms with Gasteiger partial charge in [0.05, 0.1) is 0 Å². The molecule has 0 aromatic carbocycles. The van der Waals surface area contributed by atoms with Gasteiger partial charge in [0.25, 0.3) is 0 Å². The van der Waals surface area contributed by atoms with Gasteiger partial charge < -0.3 is 87.6 Å². The molecule has 0 atom stereocenters. The predicted octanol–water partition coefficient (Wildman–Crippen LogP) is -17.6. The number of hydrogen-bond donors (Lipinski definition) is 0. The molecule has 0 radical (unpaired) electrons. The molecule has 0 saturated heterocycles. The van der Waals surface area contributed by atoms with Crippen LogP contribution in [0.1, 0.15) is 0 Å². The average Bonchev–Trinajstić information content (AvgIpc) is 0.811. The van der Waals surface area contributed by atoms with Gasteiger partial charge in [0.1, 0.15) is 0 Å². The molecule has 0 amide bonds. The Labute approximate surface area is 166 Å². The van der Waals surface area contributed by atoms with Crippen LogP contribution in [-0.4, -0.2) is 87.6 Å². The van der Waals surface area contributed by atoms with E-state index in [0.29, 0.717) is 0 Å². The Hall–Kier alpha value is 1.30. The van der Waals surface area contributed by atoms with Crippen molar-refractivity contribution in [2.24, 2.45) is 0 Å². The van der Waals surface area contributed by atoms with Crippen molar-refractivity contribution in [3.63, 3.8) is 0 Å². The molecule has 0 heterocycles. The van der Waals surface area contributed by atoms with Crippen LogP contribution in [0.25, 0.3) is 0 Å². The molecule has 0 aromatic rings. The summed E-state index contributed by atoms with van der Waals surface area (Å²) in [5.74, 6) is 0. The van der Waals surface area contributed by atoms with Crippen LogP contribution in [0.5, 0.6) is 0 Å². The van der Waals surface area contributed by atoms with E-state index in [1.165, 1.54) is 0 Å². The first-order valence-corrected chi connectivity index (χ1v) is 3.24. The van der Waals surface area contributed by atoms with E-state index in [4.69, 9.17) is 10.1 Å². The first-order chi connectivity index (χ1) is 1.73. The van der Waals surface area contributed by atoms with Gasteiger partial charge in [-0.15, -0.1) is 0 Å². The summed E-state index contributed by atoms with van der Waals surface area (Å²) in [5, 5.41) is 0. The number of rotatable bonds is 0. The van der Waals surface area contributed by atoms with Crippen LogP contribution >= 0.6 is 0 Å². The Morgan fingerprint density at radius 1 is 0.381 bits per heavy atom. The molecule has 0 rings (SSSR count). The summed E-state index contributed by atoms with van der Waals surface area (Å²) in [5.41, 5.74) is 0. The zero-order valence-electron chi connectivity index (χ0n) is 10.7. The van der Waals surface area contributed by atoms with Crippen molar-refractivity contribution in [3.05, 3.63) is 0 Å². The molecule has 0 fully saturated rings. The van der Waals surface area contributed by atoms with E-state index in [9.17, 15) is 0 Å². The summed E-state index contributed by atoms with van der Waals surface area (Å²) < 4.78 is 25.8. The molecule has 21 heteroatoms. The van der Waals surface area contributed by atoms with Gasteiger partial charge in [0.2, 0.25) is 0 Å². The van der Waals surface area contributed by atoms with Crippen molar-refractivity contribution in [1.29, 1.82) is 0 Å². The van der Waals surface area contributed by atoms with Gasteiger partial charge in [-0.25, -0.2) is 0 Å². The molecular formula is H32KNbO19. The van der Waals surface area contributed by atoms with Crippen molar-refractivity contribution in [2.75, 3.05) is 0 Å². The number of hydrogen-bond acceptors (Lipinski definition) is 3. The van der Waals surface area contributed by atoms with Gasteiger partial charge in [-0.05, 0) is 0 Å². The zero-order chi connectivity index (χ0) is 3.58. The summed E-state index contributed by atoms with van der Waals surface area (Å²) in [7, 11) is 0. The second-order valence-electron chi connectivity index (χ2n) is 0.224. The van der Waals surface area contributed by atoms with E-state index in [-0.39, 0.29) is 139 Å². The molecule has 0 spiro atoms. The van der Waals surface area contributed by atoms with Gasteiger partial charge in [-0.2, -0.15) is 0 Å². The summed E-state index contributed by atoms with van der Waals surface area (Å²) in [4.78, 5) is 0. The van der Waals surface area contributed by atoms with E-state index < -0.39 is 18.8 Å². The summed E-state index contributed by atoms with van der Waals surface area (Å²) in [6.07, 6.45) is 0. The molecule has 19 nitrogen and oxygen atoms in total. The fourth-order valence-corrected chi connectivity index (χ4v) is 0. The van der Waals surface area contributed by atoms with Crippen LogP contribution < -0.4 is 55.0 Å². The van der Waals surface area contributed by atoms with Crippen LogP contribution in [0.2, 0.25) is 0 Å². The van der Waals surface area contributed by atoms with Gasteiger partial charge in [-0.3, -0.25) is 0 Å². The maximum atomic E-state index is 8.60. The second-order valence-corrected chi connectivity index (χ2v) is 1.32. The Morgan fingerprint density at radius 3 is 0.381 bits per heavy atom. The van der Waals surface area contributed by atoms with Gasteiger partial charge in [0.15, 0.2) is 0 Å². The van der Waals surface area contributed by atoms with E-state index >= 15 is 0 Å². The minimum absolute atomic E-state index is 0. The van der Waals surface area contributed by atoms with Gasteiger partial charge >= 0.3 is 80.3 Å². The maximum absolute atomic E-state index is 8.60. The van der Waals surface area contributed by atoms with Crippen molar-refractivity contribution < 1.29 is 168 Å². The predicted molar refractivity (Wildman–Crippen MR) is 59.2 cm³/mol. The van der Waals surface area contributed by atoms with Crippen LogP contribution in [0.3, 0.4) is 0 Å². The first kappa shape index (κ1) is 548. The Kier molecular flexibility index (Phi) is 12400. The SMILES string of the molecule is O.O.O.O.O.O.O.O.O.O.O.O.O.O.O.O.[K+].[O]=[Nb](=[O])[O-]. The van der Waals surface area contributed by atoms with Crippen molar-refractivity contribution in [3.8, 4) is 0 Å². The standard InChI is InChI=1S/K.Nb.16H2O.3O/h;;16*1H2;;;/q+1;;;;;;;;;;;;;;;;;;;;-1. The van der Waals surface area contributed by atoms with Gasteiger partial charge in [-0.1, -0.05) is 0 Å². The molecule has 0 aliphatic heterocycles. The van der Waals surface area contributed by atoms with Crippen LogP contribution in [0, 0.1) is 0 Å². The van der Waals surface area contributed by atoms with E-state index in [2.05, 4.69) is 0 Å².